The van der Waals surface area contributed by atoms with Gasteiger partial charge in [-0.25, -0.2) is 4.98 Å². The van der Waals surface area contributed by atoms with Crippen molar-refractivity contribution in [3.05, 3.63) is 212 Å². The molecule has 5 heteroatoms. The van der Waals surface area contributed by atoms with Crippen LogP contribution in [0.1, 0.15) is 0 Å². The zero-order valence-electron chi connectivity index (χ0n) is 33.4. The first-order chi connectivity index (χ1) is 30.8. The molecule has 0 saturated heterocycles. The van der Waals surface area contributed by atoms with Crippen LogP contribution in [0.4, 0.5) is 34.1 Å². The highest BCUT2D eigenvalue weighted by Crippen LogP contribution is 2.52. The molecule has 0 atom stereocenters. The summed E-state index contributed by atoms with van der Waals surface area (Å²) in [6, 6.07) is 74.6. The Morgan fingerprint density at radius 1 is 0.339 bits per heavy atom. The van der Waals surface area contributed by atoms with E-state index in [0.717, 1.165) is 50.8 Å². The van der Waals surface area contributed by atoms with E-state index in [1.807, 2.05) is 0 Å². The van der Waals surface area contributed by atoms with E-state index in [2.05, 4.69) is 231 Å². The SMILES string of the molecule is c1ccc(N(c2ccccc2)c2c3ccccc3cc3c4cccc5c6c7c8cccc9c%10cccc(N(c%11ccccc%11)c%11ccccc%11)c%10n(c7ncc6n(c23)c45)c98)cc1. The Hall–Kier alpha value is -8.41. The van der Waals surface area contributed by atoms with Crippen LogP contribution in [0.3, 0.4) is 0 Å². The molecule has 0 spiro atoms. The quantitative estimate of drug-likeness (QED) is 0.168. The fraction of sp³-hybridized carbons (Fsp3) is 0. The predicted octanol–water partition coefficient (Wildman–Crippen LogP) is 15.5. The maximum atomic E-state index is 5.56. The van der Waals surface area contributed by atoms with Gasteiger partial charge in [-0.15, -0.1) is 0 Å². The molecule has 5 heterocycles. The van der Waals surface area contributed by atoms with Crippen LogP contribution in [0.5, 0.6) is 0 Å². The first-order valence-corrected chi connectivity index (χ1v) is 21.2. The average Bonchev–Trinajstić information content (AvgIpc) is 4.07. The zero-order chi connectivity index (χ0) is 40.5. The number of fused-ring (bicyclic) bond motifs is 14. The Bertz CT molecular complexity index is 3950. The Balaban J connectivity index is 1.15. The van der Waals surface area contributed by atoms with Gasteiger partial charge in [0, 0.05) is 71.2 Å². The molecule has 0 radical (unpaired) electrons. The summed E-state index contributed by atoms with van der Waals surface area (Å²) >= 11 is 0. The molecule has 0 bridgehead atoms. The van der Waals surface area contributed by atoms with E-state index in [9.17, 15) is 0 Å². The molecular formula is C57H35N5. The van der Waals surface area contributed by atoms with Gasteiger partial charge in [0.1, 0.15) is 5.65 Å². The van der Waals surface area contributed by atoms with Crippen molar-refractivity contribution in [3.63, 3.8) is 0 Å². The third kappa shape index (κ3) is 4.38. The maximum Gasteiger partial charge on any atom is 0.146 e. The lowest BCUT2D eigenvalue weighted by atomic mass is 10.00. The van der Waals surface area contributed by atoms with Gasteiger partial charge in [0.15, 0.2) is 0 Å². The molecule has 0 N–H and O–H groups in total. The van der Waals surface area contributed by atoms with E-state index >= 15 is 0 Å². The number of para-hydroxylation sites is 7. The largest absolute Gasteiger partial charge is 0.308 e. The van der Waals surface area contributed by atoms with E-state index < -0.39 is 0 Å². The summed E-state index contributed by atoms with van der Waals surface area (Å²) in [5.74, 6) is 0. The molecule has 0 aliphatic heterocycles. The predicted molar refractivity (Wildman–Crippen MR) is 260 cm³/mol. The Labute approximate surface area is 355 Å². The first kappa shape index (κ1) is 33.4. The van der Waals surface area contributed by atoms with Crippen molar-refractivity contribution in [1.82, 2.24) is 13.8 Å². The minimum atomic E-state index is 0.964. The molecular weight excluding hydrogens is 755 g/mol. The molecule has 0 amide bonds. The van der Waals surface area contributed by atoms with Gasteiger partial charge in [0.2, 0.25) is 0 Å². The number of hydrogen-bond donors (Lipinski definition) is 0. The number of hydrogen-bond acceptors (Lipinski definition) is 3. The molecule has 0 saturated carbocycles. The number of rotatable bonds is 6. The van der Waals surface area contributed by atoms with Gasteiger partial charge < -0.3 is 14.2 Å². The molecule has 14 aromatic rings. The molecule has 14 rings (SSSR count). The van der Waals surface area contributed by atoms with Crippen molar-refractivity contribution in [2.45, 2.75) is 0 Å². The van der Waals surface area contributed by atoms with Gasteiger partial charge in [-0.3, -0.25) is 4.40 Å². The highest BCUT2D eigenvalue weighted by Gasteiger charge is 2.29. The van der Waals surface area contributed by atoms with Crippen LogP contribution in [0.15, 0.2) is 212 Å². The summed E-state index contributed by atoms with van der Waals surface area (Å²) in [6.07, 6.45) is 2.14. The van der Waals surface area contributed by atoms with Crippen molar-refractivity contribution in [2.24, 2.45) is 0 Å². The van der Waals surface area contributed by atoms with Gasteiger partial charge in [0.05, 0.1) is 45.2 Å². The average molecular weight is 790 g/mol. The van der Waals surface area contributed by atoms with Crippen LogP contribution in [0.25, 0.3) is 87.1 Å². The third-order valence-corrected chi connectivity index (χ3v) is 13.1. The summed E-state index contributed by atoms with van der Waals surface area (Å²) in [7, 11) is 0. The standard InChI is InChI=1S/C57H35N5/c1-5-19-37(20-6-1)59(38-21-7-2-8-22-38)48-33-17-30-43-42-28-15-32-46-51-50-45-31-16-29-44-47-34-36-18-13-14-27-41(36)55(60(39-23-9-3-10-24-39)40-25-11-4-12-26-40)56(47)61(52(44)45)49(50)35-58-57(51)62(53(42)46)54(43)48/h1-35H. The number of pyridine rings is 1. The maximum absolute atomic E-state index is 5.56. The van der Waals surface area contributed by atoms with Crippen molar-refractivity contribution in [1.29, 1.82) is 0 Å². The van der Waals surface area contributed by atoms with E-state index in [1.54, 1.807) is 0 Å². The normalized spacial score (nSPS) is 12.2. The van der Waals surface area contributed by atoms with E-state index in [0.29, 0.717) is 0 Å². The smallest absolute Gasteiger partial charge is 0.146 e. The monoisotopic (exact) mass is 789 g/mol. The van der Waals surface area contributed by atoms with Gasteiger partial charge >= 0.3 is 0 Å². The van der Waals surface area contributed by atoms with E-state index in [1.165, 1.54) is 70.4 Å². The lowest BCUT2D eigenvalue weighted by Gasteiger charge is -2.28. The highest BCUT2D eigenvalue weighted by molar-refractivity contribution is 6.36. The number of nitrogens with zero attached hydrogens (tertiary/aromatic N) is 5. The second-order valence-corrected chi connectivity index (χ2v) is 16.3. The number of benzene rings is 9. The van der Waals surface area contributed by atoms with E-state index in [-0.39, 0.29) is 0 Å². The van der Waals surface area contributed by atoms with Gasteiger partial charge in [-0.1, -0.05) is 146 Å². The zero-order valence-corrected chi connectivity index (χ0v) is 33.4. The van der Waals surface area contributed by atoms with Crippen molar-refractivity contribution in [3.8, 4) is 0 Å². The van der Waals surface area contributed by atoms with Crippen molar-refractivity contribution < 1.29 is 0 Å². The molecule has 5 aromatic heterocycles. The molecule has 0 aliphatic carbocycles. The van der Waals surface area contributed by atoms with E-state index in [4.69, 9.17) is 4.98 Å². The number of aromatic nitrogens is 3. The van der Waals surface area contributed by atoms with Crippen LogP contribution in [0.2, 0.25) is 0 Å². The number of anilines is 6. The molecule has 288 valence electrons. The van der Waals surface area contributed by atoms with Gasteiger partial charge in [-0.05, 0) is 66.0 Å². The minimum Gasteiger partial charge on any atom is -0.308 e. The summed E-state index contributed by atoms with van der Waals surface area (Å²) in [5.41, 5.74) is 13.5. The molecule has 0 fully saturated rings. The van der Waals surface area contributed by atoms with Crippen LogP contribution in [-0.4, -0.2) is 13.8 Å². The summed E-state index contributed by atoms with van der Waals surface area (Å²) in [6.45, 7) is 0. The topological polar surface area (TPSA) is 28.2 Å². The van der Waals surface area contributed by atoms with Gasteiger partial charge in [0.25, 0.3) is 0 Å². The molecule has 5 nitrogen and oxygen atoms in total. The summed E-state index contributed by atoms with van der Waals surface area (Å²) < 4.78 is 4.97. The molecule has 9 aromatic carbocycles. The van der Waals surface area contributed by atoms with Crippen LogP contribution in [-0.2, 0) is 0 Å². The van der Waals surface area contributed by atoms with Crippen LogP contribution >= 0.6 is 0 Å². The van der Waals surface area contributed by atoms with Crippen molar-refractivity contribution >= 4 is 121 Å². The first-order valence-electron chi connectivity index (χ1n) is 21.2. The van der Waals surface area contributed by atoms with Crippen LogP contribution in [0, 0.1) is 0 Å². The Kier molecular flexibility index (Phi) is 6.77. The Morgan fingerprint density at radius 3 is 1.44 bits per heavy atom. The molecule has 0 unspecified atom stereocenters. The third-order valence-electron chi connectivity index (χ3n) is 13.1. The van der Waals surface area contributed by atoms with Crippen molar-refractivity contribution in [2.75, 3.05) is 9.80 Å². The fourth-order valence-corrected chi connectivity index (χ4v) is 10.7. The fourth-order valence-electron chi connectivity index (χ4n) is 10.7. The lowest BCUT2D eigenvalue weighted by Crippen LogP contribution is -2.11. The van der Waals surface area contributed by atoms with Gasteiger partial charge in [-0.2, -0.15) is 0 Å². The minimum absolute atomic E-state index is 0.964. The highest BCUT2D eigenvalue weighted by atomic mass is 15.2. The summed E-state index contributed by atoms with van der Waals surface area (Å²) in [5, 5.41) is 12.1. The second kappa shape index (κ2) is 12.6. The van der Waals surface area contributed by atoms with Crippen LogP contribution < -0.4 is 9.80 Å². The summed E-state index contributed by atoms with van der Waals surface area (Å²) in [4.78, 5) is 10.4. The second-order valence-electron chi connectivity index (χ2n) is 16.3. The molecule has 0 aliphatic rings. The lowest BCUT2D eigenvalue weighted by molar-refractivity contribution is 1.23. The molecule has 62 heavy (non-hydrogen) atoms. The Morgan fingerprint density at radius 2 is 0.806 bits per heavy atom.